The number of nitrogens with one attached hydrogen (secondary N) is 1. The summed E-state index contributed by atoms with van der Waals surface area (Å²) in [6.07, 6.45) is 3.01. The lowest BCUT2D eigenvalue weighted by atomic mass is 10.0. The fraction of sp³-hybridized carbons (Fsp3) is 0.571. The van der Waals surface area contributed by atoms with Crippen LogP contribution in [0.4, 0.5) is 4.39 Å². The molecule has 18 heavy (non-hydrogen) atoms. The molecule has 0 aliphatic carbocycles. The Balaban J connectivity index is 2.39. The summed E-state index contributed by atoms with van der Waals surface area (Å²) in [5.74, 6) is 0.170. The zero-order chi connectivity index (χ0) is 13.4. The molecule has 4 heteroatoms. The van der Waals surface area contributed by atoms with Crippen LogP contribution < -0.4 is 5.32 Å². The summed E-state index contributed by atoms with van der Waals surface area (Å²) in [5.41, 5.74) is 0.847. The molecule has 0 aromatic heterocycles. The lowest BCUT2D eigenvalue weighted by Crippen LogP contribution is -2.23. The highest BCUT2D eigenvalue weighted by atomic mass is 35.5. The monoisotopic (exact) mass is 273 g/mol. The van der Waals surface area contributed by atoms with Crippen LogP contribution >= 0.6 is 11.6 Å². The predicted octanol–water partition coefficient (Wildman–Crippen LogP) is 3.37. The van der Waals surface area contributed by atoms with E-state index < -0.39 is 0 Å². The van der Waals surface area contributed by atoms with Crippen LogP contribution in [0.3, 0.4) is 0 Å². The number of rotatable bonds is 8. The van der Waals surface area contributed by atoms with Gasteiger partial charge in [-0.25, -0.2) is 4.39 Å². The molecule has 1 aromatic rings. The molecule has 1 unspecified atom stereocenters. The summed E-state index contributed by atoms with van der Waals surface area (Å²) in [4.78, 5) is 0. The van der Waals surface area contributed by atoms with Gasteiger partial charge in [0.1, 0.15) is 5.82 Å². The van der Waals surface area contributed by atoms with Crippen molar-refractivity contribution in [2.45, 2.75) is 32.7 Å². The Morgan fingerprint density at radius 2 is 2.11 bits per heavy atom. The van der Waals surface area contributed by atoms with Gasteiger partial charge in [0, 0.05) is 18.2 Å². The van der Waals surface area contributed by atoms with Gasteiger partial charge in [-0.05, 0) is 49.1 Å². The molecule has 0 radical (unpaired) electrons. The molecule has 0 amide bonds. The first kappa shape index (κ1) is 15.4. The molecule has 2 N–H and O–H groups in total. The van der Waals surface area contributed by atoms with Crippen molar-refractivity contribution in [3.63, 3.8) is 0 Å². The molecule has 0 spiro atoms. The quantitative estimate of drug-likeness (QED) is 0.761. The van der Waals surface area contributed by atoms with Gasteiger partial charge in [0.2, 0.25) is 0 Å². The van der Waals surface area contributed by atoms with Gasteiger partial charge in [0.15, 0.2) is 0 Å². The Labute approximate surface area is 113 Å². The first-order chi connectivity index (χ1) is 8.65. The van der Waals surface area contributed by atoms with Crippen LogP contribution in [0.2, 0.25) is 5.02 Å². The van der Waals surface area contributed by atoms with Crippen molar-refractivity contribution in [3.05, 3.63) is 34.6 Å². The molecule has 0 aliphatic rings. The molecule has 2 nitrogen and oxygen atoms in total. The van der Waals surface area contributed by atoms with Gasteiger partial charge < -0.3 is 10.4 Å². The van der Waals surface area contributed by atoms with E-state index in [0.29, 0.717) is 17.5 Å². The third-order valence-corrected chi connectivity index (χ3v) is 3.14. The van der Waals surface area contributed by atoms with Crippen molar-refractivity contribution in [1.82, 2.24) is 5.32 Å². The normalized spacial score (nSPS) is 12.7. The molecule has 0 saturated carbocycles. The number of aliphatic hydroxyl groups is 1. The Kier molecular flexibility index (Phi) is 7.25. The minimum atomic E-state index is -0.306. The molecule has 0 saturated heterocycles. The summed E-state index contributed by atoms with van der Waals surface area (Å²) in [6, 6.07) is 4.55. The van der Waals surface area contributed by atoms with E-state index in [-0.39, 0.29) is 12.4 Å². The highest BCUT2D eigenvalue weighted by Gasteiger charge is 2.07. The van der Waals surface area contributed by atoms with E-state index >= 15 is 0 Å². The SMILES string of the molecule is CCCC(CCO)CNCc1cc(F)cc(Cl)c1. The minimum Gasteiger partial charge on any atom is -0.396 e. The fourth-order valence-corrected chi connectivity index (χ4v) is 2.32. The smallest absolute Gasteiger partial charge is 0.125 e. The van der Waals surface area contributed by atoms with E-state index in [1.54, 1.807) is 6.07 Å². The van der Waals surface area contributed by atoms with Gasteiger partial charge in [-0.2, -0.15) is 0 Å². The van der Waals surface area contributed by atoms with Crippen molar-refractivity contribution in [2.24, 2.45) is 5.92 Å². The van der Waals surface area contributed by atoms with Gasteiger partial charge in [-0.3, -0.25) is 0 Å². The summed E-state index contributed by atoms with van der Waals surface area (Å²) in [6.45, 7) is 3.79. The van der Waals surface area contributed by atoms with E-state index in [9.17, 15) is 4.39 Å². The van der Waals surface area contributed by atoms with Crippen molar-refractivity contribution in [3.8, 4) is 0 Å². The second-order valence-electron chi connectivity index (χ2n) is 4.58. The number of benzene rings is 1. The summed E-state index contributed by atoms with van der Waals surface area (Å²) in [5, 5.41) is 12.7. The van der Waals surface area contributed by atoms with Gasteiger partial charge >= 0.3 is 0 Å². The molecule has 1 aromatic carbocycles. The molecule has 0 aliphatic heterocycles. The number of halogens is 2. The minimum absolute atomic E-state index is 0.220. The molecule has 102 valence electrons. The zero-order valence-corrected chi connectivity index (χ0v) is 11.5. The van der Waals surface area contributed by atoms with Crippen LogP contribution in [0.5, 0.6) is 0 Å². The maximum atomic E-state index is 13.1. The lowest BCUT2D eigenvalue weighted by molar-refractivity contribution is 0.248. The first-order valence-corrected chi connectivity index (χ1v) is 6.80. The van der Waals surface area contributed by atoms with E-state index in [1.807, 2.05) is 0 Å². The van der Waals surface area contributed by atoms with Crippen molar-refractivity contribution < 1.29 is 9.50 Å². The van der Waals surface area contributed by atoms with Crippen molar-refractivity contribution >= 4 is 11.6 Å². The average Bonchev–Trinajstić information content (AvgIpc) is 2.28. The molecule has 1 atom stereocenters. The zero-order valence-electron chi connectivity index (χ0n) is 10.8. The predicted molar refractivity (Wildman–Crippen MR) is 73.2 cm³/mol. The molecule has 0 heterocycles. The second-order valence-corrected chi connectivity index (χ2v) is 5.01. The van der Waals surface area contributed by atoms with E-state index in [2.05, 4.69) is 12.2 Å². The summed E-state index contributed by atoms with van der Waals surface area (Å²) >= 11 is 5.79. The van der Waals surface area contributed by atoms with E-state index in [4.69, 9.17) is 16.7 Å². The van der Waals surface area contributed by atoms with Crippen molar-refractivity contribution in [2.75, 3.05) is 13.2 Å². The Morgan fingerprint density at radius 1 is 1.33 bits per heavy atom. The summed E-state index contributed by atoms with van der Waals surface area (Å²) < 4.78 is 13.1. The Morgan fingerprint density at radius 3 is 2.72 bits per heavy atom. The van der Waals surface area contributed by atoms with Crippen LogP contribution in [0, 0.1) is 11.7 Å². The van der Waals surface area contributed by atoms with Gasteiger partial charge in [0.05, 0.1) is 0 Å². The third-order valence-electron chi connectivity index (χ3n) is 2.92. The largest absolute Gasteiger partial charge is 0.396 e. The maximum Gasteiger partial charge on any atom is 0.125 e. The van der Waals surface area contributed by atoms with Gasteiger partial charge in [-0.15, -0.1) is 0 Å². The molecule has 1 rings (SSSR count). The Hall–Kier alpha value is -0.640. The topological polar surface area (TPSA) is 32.3 Å². The maximum absolute atomic E-state index is 13.1. The van der Waals surface area contributed by atoms with Crippen LogP contribution in [0.1, 0.15) is 31.7 Å². The van der Waals surface area contributed by atoms with Gasteiger partial charge in [0.25, 0.3) is 0 Å². The van der Waals surface area contributed by atoms with Crippen LogP contribution in [-0.4, -0.2) is 18.3 Å². The van der Waals surface area contributed by atoms with E-state index in [1.165, 1.54) is 12.1 Å². The highest BCUT2D eigenvalue weighted by molar-refractivity contribution is 6.30. The van der Waals surface area contributed by atoms with Crippen LogP contribution in [0.25, 0.3) is 0 Å². The van der Waals surface area contributed by atoms with Crippen LogP contribution in [0.15, 0.2) is 18.2 Å². The highest BCUT2D eigenvalue weighted by Crippen LogP contribution is 2.14. The molecule has 0 bridgehead atoms. The number of hydrogen-bond acceptors (Lipinski definition) is 2. The number of hydrogen-bond donors (Lipinski definition) is 2. The molecular weight excluding hydrogens is 253 g/mol. The second kappa shape index (κ2) is 8.46. The van der Waals surface area contributed by atoms with E-state index in [0.717, 1.165) is 31.4 Å². The Bertz CT molecular complexity index is 333. The fourth-order valence-electron chi connectivity index (χ4n) is 2.07. The lowest BCUT2D eigenvalue weighted by Gasteiger charge is -2.15. The van der Waals surface area contributed by atoms with Crippen LogP contribution in [-0.2, 0) is 6.54 Å². The van der Waals surface area contributed by atoms with Crippen molar-refractivity contribution in [1.29, 1.82) is 0 Å². The number of aliphatic hydroxyl groups excluding tert-OH is 1. The first-order valence-electron chi connectivity index (χ1n) is 6.42. The average molecular weight is 274 g/mol. The third kappa shape index (κ3) is 5.80. The standard InChI is InChI=1S/C14H21ClFNO/c1-2-3-11(4-5-18)9-17-10-12-6-13(15)8-14(16)7-12/h6-8,11,17-18H,2-5,9-10H2,1H3. The van der Waals surface area contributed by atoms with Gasteiger partial charge in [-0.1, -0.05) is 24.9 Å². The molecular formula is C14H21ClFNO. The molecule has 0 fully saturated rings. The summed E-state index contributed by atoms with van der Waals surface area (Å²) in [7, 11) is 0.